The van der Waals surface area contributed by atoms with Crippen LogP contribution in [0.25, 0.3) is 5.69 Å². The van der Waals surface area contributed by atoms with E-state index in [1.165, 1.54) is 18.0 Å². The number of nitrogens with zero attached hydrogens (tertiary/aromatic N) is 4. The first-order valence-corrected chi connectivity index (χ1v) is 7.13. The van der Waals surface area contributed by atoms with E-state index < -0.39 is 17.6 Å². The van der Waals surface area contributed by atoms with Crippen LogP contribution in [-0.4, -0.2) is 44.6 Å². The van der Waals surface area contributed by atoms with Crippen molar-refractivity contribution < 1.29 is 18.0 Å². The predicted octanol–water partition coefficient (Wildman–Crippen LogP) is 2.36. The molecule has 0 unspecified atom stereocenters. The maximum absolute atomic E-state index is 13.0. The standard InChI is InChI=1S/C15H15F3N4O/c1-21(14(7-8-14)15(16,17)18)13(23)9-11-10-19-22(20-11)12-5-3-2-4-6-12/h2-6,10H,7-9H2,1H3. The Morgan fingerprint density at radius 2 is 1.96 bits per heavy atom. The summed E-state index contributed by atoms with van der Waals surface area (Å²) in [6.45, 7) is 0. The van der Waals surface area contributed by atoms with Gasteiger partial charge in [-0.15, -0.1) is 0 Å². The lowest BCUT2D eigenvalue weighted by molar-refractivity contribution is -0.196. The second-order valence-corrected chi connectivity index (χ2v) is 5.62. The van der Waals surface area contributed by atoms with E-state index in [4.69, 9.17) is 0 Å². The molecule has 1 aromatic carbocycles. The molecule has 1 aromatic heterocycles. The van der Waals surface area contributed by atoms with Gasteiger partial charge in [0.05, 0.1) is 24.0 Å². The van der Waals surface area contributed by atoms with Gasteiger partial charge in [0.15, 0.2) is 0 Å². The van der Waals surface area contributed by atoms with Gasteiger partial charge >= 0.3 is 6.18 Å². The van der Waals surface area contributed by atoms with E-state index in [2.05, 4.69) is 10.2 Å². The summed E-state index contributed by atoms with van der Waals surface area (Å²) in [5.41, 5.74) is -0.948. The molecule has 0 spiro atoms. The Balaban J connectivity index is 1.71. The number of halogens is 3. The van der Waals surface area contributed by atoms with Crippen molar-refractivity contribution >= 4 is 5.91 Å². The van der Waals surface area contributed by atoms with E-state index >= 15 is 0 Å². The van der Waals surface area contributed by atoms with E-state index in [1.54, 1.807) is 12.1 Å². The van der Waals surface area contributed by atoms with Gasteiger partial charge in [-0.3, -0.25) is 4.79 Å². The summed E-state index contributed by atoms with van der Waals surface area (Å²) in [5, 5.41) is 8.18. The molecule has 0 radical (unpaired) electrons. The number of alkyl halides is 3. The molecule has 0 saturated heterocycles. The van der Waals surface area contributed by atoms with Crippen LogP contribution in [0.15, 0.2) is 36.5 Å². The molecular formula is C15H15F3N4O. The maximum Gasteiger partial charge on any atom is 0.411 e. The van der Waals surface area contributed by atoms with E-state index in [9.17, 15) is 18.0 Å². The SMILES string of the molecule is CN(C(=O)Cc1cnn(-c2ccccc2)n1)C1(C(F)(F)F)CC1. The number of carbonyl (C=O) groups is 1. The van der Waals surface area contributed by atoms with E-state index in [0.29, 0.717) is 11.4 Å². The largest absolute Gasteiger partial charge is 0.411 e. The van der Waals surface area contributed by atoms with Gasteiger partial charge < -0.3 is 4.90 Å². The molecule has 0 aliphatic heterocycles. The summed E-state index contributed by atoms with van der Waals surface area (Å²) in [4.78, 5) is 14.3. The quantitative estimate of drug-likeness (QED) is 0.867. The number of carbonyl (C=O) groups excluding carboxylic acids is 1. The van der Waals surface area contributed by atoms with Gasteiger partial charge in [-0.2, -0.15) is 28.2 Å². The summed E-state index contributed by atoms with van der Waals surface area (Å²) >= 11 is 0. The van der Waals surface area contributed by atoms with Crippen molar-refractivity contribution in [1.82, 2.24) is 19.9 Å². The van der Waals surface area contributed by atoms with Crippen molar-refractivity contribution in [3.63, 3.8) is 0 Å². The fourth-order valence-electron chi connectivity index (χ4n) is 2.50. The van der Waals surface area contributed by atoms with Crippen molar-refractivity contribution in [2.24, 2.45) is 0 Å². The van der Waals surface area contributed by atoms with Crippen LogP contribution in [-0.2, 0) is 11.2 Å². The molecule has 1 aliphatic carbocycles. The van der Waals surface area contributed by atoms with Crippen molar-refractivity contribution in [3.8, 4) is 5.69 Å². The third kappa shape index (κ3) is 2.80. The number of benzene rings is 1. The minimum atomic E-state index is -4.40. The molecule has 0 atom stereocenters. The van der Waals surface area contributed by atoms with Gasteiger partial charge in [0.25, 0.3) is 0 Å². The van der Waals surface area contributed by atoms with Gasteiger partial charge in [0.2, 0.25) is 5.91 Å². The van der Waals surface area contributed by atoms with E-state index in [-0.39, 0.29) is 19.3 Å². The summed E-state index contributed by atoms with van der Waals surface area (Å²) < 4.78 is 39.1. The van der Waals surface area contributed by atoms with Crippen LogP contribution in [0.3, 0.4) is 0 Å². The number of amides is 1. The molecule has 8 heteroatoms. The second-order valence-electron chi connectivity index (χ2n) is 5.62. The van der Waals surface area contributed by atoms with Gasteiger partial charge in [0, 0.05) is 7.05 Å². The molecule has 0 bridgehead atoms. The molecule has 122 valence electrons. The van der Waals surface area contributed by atoms with Crippen molar-refractivity contribution in [2.75, 3.05) is 7.05 Å². The molecule has 2 aromatic rings. The lowest BCUT2D eigenvalue weighted by Crippen LogP contribution is -2.49. The van der Waals surface area contributed by atoms with Crippen LogP contribution in [0.4, 0.5) is 13.2 Å². The van der Waals surface area contributed by atoms with Gasteiger partial charge in [0.1, 0.15) is 5.54 Å². The highest BCUT2D eigenvalue weighted by Gasteiger charge is 2.67. The maximum atomic E-state index is 13.0. The van der Waals surface area contributed by atoms with Gasteiger partial charge in [-0.05, 0) is 25.0 Å². The zero-order valence-corrected chi connectivity index (χ0v) is 12.4. The van der Waals surface area contributed by atoms with Crippen LogP contribution in [0, 0.1) is 0 Å². The topological polar surface area (TPSA) is 51.0 Å². The molecule has 0 N–H and O–H groups in total. The minimum Gasteiger partial charge on any atom is -0.331 e. The highest BCUT2D eigenvalue weighted by atomic mass is 19.4. The van der Waals surface area contributed by atoms with Gasteiger partial charge in [-0.25, -0.2) is 0 Å². The number of aromatic nitrogens is 3. The number of hydrogen-bond donors (Lipinski definition) is 0. The summed E-state index contributed by atoms with van der Waals surface area (Å²) in [7, 11) is 1.20. The molecule has 1 fully saturated rings. The normalized spacial score (nSPS) is 16.2. The summed E-state index contributed by atoms with van der Waals surface area (Å²) in [6, 6.07) is 9.06. The molecule has 1 heterocycles. The summed E-state index contributed by atoms with van der Waals surface area (Å²) in [5.74, 6) is -0.611. The highest BCUT2D eigenvalue weighted by Crippen LogP contribution is 2.53. The van der Waals surface area contributed by atoms with Crippen LogP contribution in [0.5, 0.6) is 0 Å². The van der Waals surface area contributed by atoms with Crippen molar-refractivity contribution in [3.05, 3.63) is 42.2 Å². The number of rotatable bonds is 4. The third-order valence-electron chi connectivity index (χ3n) is 4.13. The number of hydrogen-bond acceptors (Lipinski definition) is 3. The van der Waals surface area contributed by atoms with Crippen molar-refractivity contribution in [1.29, 1.82) is 0 Å². The third-order valence-corrected chi connectivity index (χ3v) is 4.13. The second kappa shape index (κ2) is 5.36. The minimum absolute atomic E-state index is 0.0462. The Labute approximate surface area is 130 Å². The first-order chi connectivity index (χ1) is 10.8. The van der Waals surface area contributed by atoms with Crippen LogP contribution < -0.4 is 0 Å². The molecule has 23 heavy (non-hydrogen) atoms. The lowest BCUT2D eigenvalue weighted by Gasteiger charge is -2.29. The predicted molar refractivity (Wildman–Crippen MR) is 75.9 cm³/mol. The molecular weight excluding hydrogens is 309 g/mol. The fourth-order valence-corrected chi connectivity index (χ4v) is 2.50. The number of para-hydroxylation sites is 1. The smallest absolute Gasteiger partial charge is 0.331 e. The Bertz CT molecular complexity index is 707. The molecule has 3 rings (SSSR count). The molecule has 5 nitrogen and oxygen atoms in total. The van der Waals surface area contributed by atoms with Crippen LogP contribution in [0.1, 0.15) is 18.5 Å². The average molecular weight is 324 g/mol. The first-order valence-electron chi connectivity index (χ1n) is 7.13. The van der Waals surface area contributed by atoms with E-state index in [0.717, 1.165) is 4.90 Å². The van der Waals surface area contributed by atoms with Crippen LogP contribution >= 0.6 is 0 Å². The Morgan fingerprint density at radius 3 is 2.52 bits per heavy atom. The Morgan fingerprint density at radius 1 is 1.30 bits per heavy atom. The zero-order chi connectivity index (χ0) is 16.7. The zero-order valence-electron chi connectivity index (χ0n) is 12.4. The molecule has 1 amide bonds. The monoisotopic (exact) mass is 324 g/mol. The average Bonchev–Trinajstić information content (AvgIpc) is 3.22. The van der Waals surface area contributed by atoms with Crippen LogP contribution in [0.2, 0.25) is 0 Å². The Hall–Kier alpha value is -2.38. The summed E-state index contributed by atoms with van der Waals surface area (Å²) in [6.07, 6.45) is -3.31. The van der Waals surface area contributed by atoms with Crippen molar-refractivity contribution in [2.45, 2.75) is 31.0 Å². The first kappa shape index (κ1) is 15.5. The number of likely N-dealkylation sites (N-methyl/N-ethyl adjacent to an activating group) is 1. The fraction of sp³-hybridized carbons (Fsp3) is 0.400. The molecule has 1 aliphatic rings. The Kier molecular flexibility index (Phi) is 3.62. The molecule has 1 saturated carbocycles. The highest BCUT2D eigenvalue weighted by molar-refractivity contribution is 5.79. The van der Waals surface area contributed by atoms with Gasteiger partial charge in [-0.1, -0.05) is 18.2 Å². The van der Waals surface area contributed by atoms with E-state index in [1.807, 2.05) is 18.2 Å². The lowest BCUT2D eigenvalue weighted by atomic mass is 10.2.